The van der Waals surface area contributed by atoms with E-state index in [1.54, 1.807) is 0 Å². The van der Waals surface area contributed by atoms with Crippen LogP contribution < -0.4 is 10.6 Å². The molecule has 2 atom stereocenters. The fraction of sp³-hybridized carbons (Fsp3) is 0.923. The van der Waals surface area contributed by atoms with Crippen molar-refractivity contribution in [2.75, 3.05) is 6.54 Å². The normalized spacial score (nSPS) is 30.1. The number of halogens is 3. The van der Waals surface area contributed by atoms with Crippen LogP contribution in [-0.4, -0.2) is 30.7 Å². The molecule has 1 heterocycles. The zero-order valence-electron chi connectivity index (χ0n) is 10.9. The summed E-state index contributed by atoms with van der Waals surface area (Å²) in [7, 11) is 0. The van der Waals surface area contributed by atoms with Gasteiger partial charge in [0, 0.05) is 12.6 Å². The van der Waals surface area contributed by atoms with Gasteiger partial charge in [0.05, 0.1) is 5.92 Å². The largest absolute Gasteiger partial charge is 0.403 e. The number of amides is 1. The van der Waals surface area contributed by atoms with E-state index in [1.165, 1.54) is 6.42 Å². The summed E-state index contributed by atoms with van der Waals surface area (Å²) in [4.78, 5) is 12.0. The molecule has 110 valence electrons. The molecule has 2 aliphatic rings. The van der Waals surface area contributed by atoms with Gasteiger partial charge in [0.2, 0.25) is 5.91 Å². The summed E-state index contributed by atoms with van der Waals surface area (Å²) in [6, 6.07) is -1.23. The number of nitrogens with one attached hydrogen (secondary N) is 2. The number of hydrogen-bond acceptors (Lipinski definition) is 2. The molecule has 1 saturated carbocycles. The predicted molar refractivity (Wildman–Crippen MR) is 65.6 cm³/mol. The third-order valence-electron chi connectivity index (χ3n) is 4.13. The van der Waals surface area contributed by atoms with Crippen LogP contribution in [0.2, 0.25) is 0 Å². The number of carbonyl (C=O) groups is 1. The average molecular weight is 278 g/mol. The number of piperidine rings is 1. The highest BCUT2D eigenvalue weighted by molar-refractivity contribution is 5.79. The lowest BCUT2D eigenvalue weighted by atomic mass is 9.91. The van der Waals surface area contributed by atoms with Gasteiger partial charge in [0.25, 0.3) is 0 Å². The molecule has 0 bridgehead atoms. The Morgan fingerprint density at radius 2 is 1.74 bits per heavy atom. The van der Waals surface area contributed by atoms with Crippen molar-refractivity contribution in [3.05, 3.63) is 0 Å². The molecule has 1 aliphatic carbocycles. The maximum absolute atomic E-state index is 12.5. The Hall–Kier alpha value is -0.780. The van der Waals surface area contributed by atoms with Gasteiger partial charge in [-0.3, -0.25) is 4.79 Å². The Bertz CT molecular complexity index is 306. The van der Waals surface area contributed by atoms with Crippen LogP contribution in [0, 0.1) is 5.92 Å². The summed E-state index contributed by atoms with van der Waals surface area (Å²) >= 11 is 0. The minimum absolute atomic E-state index is 0.00769. The first-order valence-corrected chi connectivity index (χ1v) is 7.07. The summed E-state index contributed by atoms with van der Waals surface area (Å²) in [5.74, 6) is -0.402. The van der Waals surface area contributed by atoms with Gasteiger partial charge in [0.1, 0.15) is 6.04 Å². The van der Waals surface area contributed by atoms with Crippen molar-refractivity contribution in [3.63, 3.8) is 0 Å². The number of carbonyl (C=O) groups excluding carboxylic acids is 1. The van der Waals surface area contributed by atoms with Crippen LogP contribution in [0.3, 0.4) is 0 Å². The van der Waals surface area contributed by atoms with Gasteiger partial charge in [-0.05, 0) is 25.7 Å². The van der Waals surface area contributed by atoms with Crippen LogP contribution in [0.1, 0.15) is 44.9 Å². The second kappa shape index (κ2) is 6.11. The molecule has 2 N–H and O–H groups in total. The summed E-state index contributed by atoms with van der Waals surface area (Å²) in [6.07, 6.45) is 1.57. The van der Waals surface area contributed by atoms with E-state index in [0.29, 0.717) is 6.42 Å². The number of rotatable bonds is 2. The lowest BCUT2D eigenvalue weighted by molar-refractivity contribution is -0.163. The van der Waals surface area contributed by atoms with Crippen LogP contribution in [-0.2, 0) is 4.79 Å². The van der Waals surface area contributed by atoms with Crippen molar-refractivity contribution in [2.45, 2.75) is 63.2 Å². The standard InChI is InChI=1S/C13H21F3N2O/c14-13(15,16)11-7-6-9(8-17-11)12(19)18-10-4-2-1-3-5-10/h9-11,17H,1-8H2,(H,18,19). The van der Waals surface area contributed by atoms with Gasteiger partial charge in [-0.15, -0.1) is 0 Å². The molecule has 0 aromatic rings. The Labute approximate surface area is 111 Å². The smallest absolute Gasteiger partial charge is 0.353 e. The monoisotopic (exact) mass is 278 g/mol. The van der Waals surface area contributed by atoms with E-state index in [4.69, 9.17) is 0 Å². The second-order valence-electron chi connectivity index (χ2n) is 5.62. The topological polar surface area (TPSA) is 41.1 Å². The van der Waals surface area contributed by atoms with Crippen molar-refractivity contribution < 1.29 is 18.0 Å². The highest BCUT2D eigenvalue weighted by Gasteiger charge is 2.42. The SMILES string of the molecule is O=C(NC1CCCCC1)C1CCC(C(F)(F)F)NC1. The molecule has 0 spiro atoms. The van der Waals surface area contributed by atoms with Crippen molar-refractivity contribution in [1.82, 2.24) is 10.6 Å². The van der Waals surface area contributed by atoms with Crippen molar-refractivity contribution in [2.24, 2.45) is 5.92 Å². The van der Waals surface area contributed by atoms with Gasteiger partial charge < -0.3 is 10.6 Å². The zero-order chi connectivity index (χ0) is 13.9. The maximum Gasteiger partial charge on any atom is 0.403 e. The third-order valence-corrected chi connectivity index (χ3v) is 4.13. The lowest BCUT2D eigenvalue weighted by Gasteiger charge is -2.32. The van der Waals surface area contributed by atoms with E-state index in [0.717, 1.165) is 25.7 Å². The van der Waals surface area contributed by atoms with Gasteiger partial charge in [-0.2, -0.15) is 13.2 Å². The van der Waals surface area contributed by atoms with Crippen LogP contribution in [0.4, 0.5) is 13.2 Å². The zero-order valence-corrected chi connectivity index (χ0v) is 10.9. The Morgan fingerprint density at radius 3 is 2.26 bits per heavy atom. The van der Waals surface area contributed by atoms with Crippen LogP contribution >= 0.6 is 0 Å². The van der Waals surface area contributed by atoms with Crippen LogP contribution in [0.15, 0.2) is 0 Å². The van der Waals surface area contributed by atoms with Gasteiger partial charge in [-0.25, -0.2) is 0 Å². The highest BCUT2D eigenvalue weighted by atomic mass is 19.4. The van der Waals surface area contributed by atoms with E-state index in [-0.39, 0.29) is 30.8 Å². The molecule has 2 fully saturated rings. The average Bonchev–Trinajstić information content (AvgIpc) is 2.39. The lowest BCUT2D eigenvalue weighted by Crippen LogP contribution is -2.52. The van der Waals surface area contributed by atoms with E-state index < -0.39 is 12.2 Å². The molecule has 2 rings (SSSR count). The summed E-state index contributed by atoms with van der Waals surface area (Å²) < 4.78 is 37.4. The maximum atomic E-state index is 12.5. The van der Waals surface area contributed by atoms with E-state index >= 15 is 0 Å². The molecule has 1 amide bonds. The first-order chi connectivity index (χ1) is 8.97. The quantitative estimate of drug-likeness (QED) is 0.814. The molecular formula is C13H21F3N2O. The van der Waals surface area contributed by atoms with Crippen LogP contribution in [0.25, 0.3) is 0 Å². The van der Waals surface area contributed by atoms with Crippen LogP contribution in [0.5, 0.6) is 0 Å². The van der Waals surface area contributed by atoms with Crippen molar-refractivity contribution in [1.29, 1.82) is 0 Å². The minimum Gasteiger partial charge on any atom is -0.353 e. The number of hydrogen-bond donors (Lipinski definition) is 2. The summed E-state index contributed by atoms with van der Waals surface area (Å²) in [5, 5.41) is 5.42. The van der Waals surface area contributed by atoms with E-state index in [1.807, 2.05) is 0 Å². The Balaban J connectivity index is 1.76. The van der Waals surface area contributed by atoms with E-state index in [2.05, 4.69) is 10.6 Å². The second-order valence-corrected chi connectivity index (χ2v) is 5.62. The molecule has 6 heteroatoms. The van der Waals surface area contributed by atoms with Crippen molar-refractivity contribution >= 4 is 5.91 Å². The molecule has 0 aromatic heterocycles. The summed E-state index contributed by atoms with van der Waals surface area (Å²) in [5.41, 5.74) is 0. The molecule has 19 heavy (non-hydrogen) atoms. The van der Waals surface area contributed by atoms with Gasteiger partial charge in [-0.1, -0.05) is 19.3 Å². The molecule has 1 saturated heterocycles. The molecular weight excluding hydrogens is 257 g/mol. The summed E-state index contributed by atoms with van der Waals surface area (Å²) in [6.45, 7) is 0.128. The van der Waals surface area contributed by atoms with E-state index in [9.17, 15) is 18.0 Å². The first kappa shape index (κ1) is 14.6. The molecule has 2 unspecified atom stereocenters. The Kier molecular flexibility index (Phi) is 4.71. The van der Waals surface area contributed by atoms with Gasteiger partial charge in [0.15, 0.2) is 0 Å². The number of alkyl halides is 3. The fourth-order valence-electron chi connectivity index (χ4n) is 2.93. The Morgan fingerprint density at radius 1 is 1.05 bits per heavy atom. The highest BCUT2D eigenvalue weighted by Crippen LogP contribution is 2.28. The first-order valence-electron chi connectivity index (χ1n) is 7.07. The van der Waals surface area contributed by atoms with Gasteiger partial charge >= 0.3 is 6.18 Å². The third kappa shape index (κ3) is 4.09. The van der Waals surface area contributed by atoms with Crippen molar-refractivity contribution in [3.8, 4) is 0 Å². The predicted octanol–water partition coefficient (Wildman–Crippen LogP) is 2.37. The fourth-order valence-corrected chi connectivity index (χ4v) is 2.93. The molecule has 0 radical (unpaired) electrons. The molecule has 1 aliphatic heterocycles. The molecule has 0 aromatic carbocycles. The molecule has 3 nitrogen and oxygen atoms in total. The minimum atomic E-state index is -4.20.